The normalized spacial score (nSPS) is 10.3. The Morgan fingerprint density at radius 2 is 1.90 bits per heavy atom. The fourth-order valence-corrected chi connectivity index (χ4v) is 2.11. The summed E-state index contributed by atoms with van der Waals surface area (Å²) in [7, 11) is 1.86. The molecule has 0 saturated heterocycles. The molecule has 1 aromatic carbocycles. The highest BCUT2D eigenvalue weighted by molar-refractivity contribution is 5.65. The zero-order chi connectivity index (χ0) is 16.0. The molecule has 0 bridgehead atoms. The minimum absolute atomic E-state index is 0.633. The van der Waals surface area contributed by atoms with E-state index in [1.165, 1.54) is 5.56 Å². The van der Waals surface area contributed by atoms with Crippen LogP contribution in [0.4, 0.5) is 0 Å². The molecular weight excluding hydrogens is 256 g/mol. The van der Waals surface area contributed by atoms with Crippen molar-refractivity contribution in [3.05, 3.63) is 66.5 Å². The summed E-state index contributed by atoms with van der Waals surface area (Å²) in [4.78, 5) is 2.16. The number of hydrogen-bond donors (Lipinski definition) is 1. The molecule has 0 saturated carbocycles. The second kappa shape index (κ2) is 7.72. The van der Waals surface area contributed by atoms with E-state index in [1.807, 2.05) is 7.05 Å². The van der Waals surface area contributed by atoms with Gasteiger partial charge in [-0.2, -0.15) is 0 Å². The van der Waals surface area contributed by atoms with E-state index in [-0.39, 0.29) is 0 Å². The Balaban J connectivity index is 3.02. The first-order valence-electron chi connectivity index (χ1n) is 7.46. The quantitative estimate of drug-likeness (QED) is 0.704. The topological polar surface area (TPSA) is 15.3 Å². The summed E-state index contributed by atoms with van der Waals surface area (Å²) in [6.07, 6.45) is 1.08. The van der Waals surface area contributed by atoms with Crippen molar-refractivity contribution < 1.29 is 0 Å². The molecule has 0 aliphatic heterocycles. The van der Waals surface area contributed by atoms with E-state index >= 15 is 0 Å². The van der Waals surface area contributed by atoms with Gasteiger partial charge in [-0.3, -0.25) is 0 Å². The fourth-order valence-electron chi connectivity index (χ4n) is 2.11. The summed E-state index contributed by atoms with van der Waals surface area (Å²) in [5, 5.41) is 3.07. The van der Waals surface area contributed by atoms with Gasteiger partial charge in [0.1, 0.15) is 0 Å². The van der Waals surface area contributed by atoms with Gasteiger partial charge in [0, 0.05) is 25.0 Å². The average molecular weight is 284 g/mol. The van der Waals surface area contributed by atoms with Gasteiger partial charge < -0.3 is 10.2 Å². The van der Waals surface area contributed by atoms with Crippen molar-refractivity contribution in [2.75, 3.05) is 13.6 Å². The molecular formula is C19H28N2. The summed E-state index contributed by atoms with van der Waals surface area (Å²) in [5.41, 5.74) is 5.04. The molecule has 0 atom stereocenters. The van der Waals surface area contributed by atoms with Gasteiger partial charge in [0.05, 0.1) is 5.70 Å². The Morgan fingerprint density at radius 1 is 1.24 bits per heavy atom. The molecule has 0 aliphatic rings. The predicted octanol–water partition coefficient (Wildman–Crippen LogP) is 4.56. The molecule has 1 rings (SSSR count). The van der Waals surface area contributed by atoms with Crippen LogP contribution >= 0.6 is 0 Å². The van der Waals surface area contributed by atoms with Crippen LogP contribution in [0.1, 0.15) is 31.4 Å². The maximum Gasteiger partial charge on any atom is 0.0567 e. The van der Waals surface area contributed by atoms with Gasteiger partial charge in [0.25, 0.3) is 0 Å². The molecule has 0 aromatic heterocycles. The van der Waals surface area contributed by atoms with Gasteiger partial charge in [-0.1, -0.05) is 57.3 Å². The SMILES string of the molecule is C=C(NC)C(=C)N(CCC(C)C)C(=C)c1cccc(C)c1. The van der Waals surface area contributed by atoms with Crippen molar-refractivity contribution in [3.63, 3.8) is 0 Å². The fraction of sp³-hybridized carbons (Fsp3) is 0.368. The lowest BCUT2D eigenvalue weighted by Gasteiger charge is -2.30. The number of likely N-dealkylation sites (N-methyl/N-ethyl adjacent to an activating group) is 1. The Bertz CT molecular complexity index is 526. The second-order valence-electron chi connectivity index (χ2n) is 5.83. The lowest BCUT2D eigenvalue weighted by Crippen LogP contribution is -2.26. The molecule has 0 radical (unpaired) electrons. The van der Waals surface area contributed by atoms with Crippen molar-refractivity contribution in [3.8, 4) is 0 Å². The third-order valence-electron chi connectivity index (χ3n) is 3.58. The first-order chi connectivity index (χ1) is 9.86. The van der Waals surface area contributed by atoms with Crippen molar-refractivity contribution in [2.45, 2.75) is 27.2 Å². The zero-order valence-corrected chi connectivity index (χ0v) is 13.9. The average Bonchev–Trinajstić information content (AvgIpc) is 2.45. The Kier molecular flexibility index (Phi) is 6.29. The first-order valence-corrected chi connectivity index (χ1v) is 7.46. The van der Waals surface area contributed by atoms with E-state index in [2.05, 4.69) is 75.0 Å². The van der Waals surface area contributed by atoms with Gasteiger partial charge in [-0.25, -0.2) is 0 Å². The highest BCUT2D eigenvalue weighted by Crippen LogP contribution is 2.25. The van der Waals surface area contributed by atoms with Crippen LogP contribution in [0, 0.1) is 12.8 Å². The molecule has 0 aliphatic carbocycles. The first kappa shape index (κ1) is 17.1. The largest absolute Gasteiger partial charge is 0.387 e. The van der Waals surface area contributed by atoms with E-state index in [9.17, 15) is 0 Å². The number of nitrogens with zero attached hydrogens (tertiary/aromatic N) is 1. The van der Waals surface area contributed by atoms with Crippen LogP contribution in [0.25, 0.3) is 5.70 Å². The van der Waals surface area contributed by atoms with Gasteiger partial charge in [0.15, 0.2) is 0 Å². The lowest BCUT2D eigenvalue weighted by molar-refractivity contribution is 0.430. The van der Waals surface area contributed by atoms with Gasteiger partial charge in [0.2, 0.25) is 0 Å². The number of hydrogen-bond acceptors (Lipinski definition) is 2. The monoisotopic (exact) mass is 284 g/mol. The van der Waals surface area contributed by atoms with E-state index in [0.29, 0.717) is 5.92 Å². The molecule has 0 unspecified atom stereocenters. The van der Waals surface area contributed by atoms with Crippen LogP contribution in [0.15, 0.2) is 55.4 Å². The maximum atomic E-state index is 4.28. The summed E-state index contributed by atoms with van der Waals surface area (Å²) >= 11 is 0. The number of aryl methyl sites for hydroxylation is 1. The van der Waals surface area contributed by atoms with E-state index in [4.69, 9.17) is 0 Å². The number of nitrogens with one attached hydrogen (secondary N) is 1. The van der Waals surface area contributed by atoms with E-state index < -0.39 is 0 Å². The third-order valence-corrected chi connectivity index (χ3v) is 3.58. The third kappa shape index (κ3) is 4.82. The molecule has 0 heterocycles. The number of benzene rings is 1. The molecule has 21 heavy (non-hydrogen) atoms. The predicted molar refractivity (Wildman–Crippen MR) is 93.7 cm³/mol. The molecule has 114 valence electrons. The van der Waals surface area contributed by atoms with Crippen LogP contribution in [-0.4, -0.2) is 18.5 Å². The second-order valence-corrected chi connectivity index (χ2v) is 5.83. The van der Waals surface area contributed by atoms with Gasteiger partial charge in [-0.15, -0.1) is 0 Å². The molecule has 2 heteroatoms. The molecule has 1 aromatic rings. The zero-order valence-electron chi connectivity index (χ0n) is 13.9. The number of rotatable bonds is 8. The minimum atomic E-state index is 0.633. The molecule has 0 spiro atoms. The van der Waals surface area contributed by atoms with Crippen molar-refractivity contribution in [1.29, 1.82) is 0 Å². The Labute approximate surface area is 129 Å². The summed E-state index contributed by atoms with van der Waals surface area (Å²) in [6, 6.07) is 8.40. The van der Waals surface area contributed by atoms with Crippen molar-refractivity contribution >= 4 is 5.70 Å². The maximum absolute atomic E-state index is 4.28. The standard InChI is InChI=1S/C19H28N2/c1-14(2)11-12-21(17(5)16(4)20-7)18(6)19-10-8-9-15(3)13-19/h8-10,13-14,20H,4-6,11-12H2,1-3,7H3. The van der Waals surface area contributed by atoms with Crippen LogP contribution in [0.5, 0.6) is 0 Å². The van der Waals surface area contributed by atoms with Crippen LogP contribution in [-0.2, 0) is 0 Å². The van der Waals surface area contributed by atoms with Crippen LogP contribution in [0.3, 0.4) is 0 Å². The summed E-state index contributed by atoms with van der Waals surface area (Å²) in [6.45, 7) is 19.9. The van der Waals surface area contributed by atoms with Gasteiger partial charge >= 0.3 is 0 Å². The Hall–Kier alpha value is -1.96. The summed E-state index contributed by atoms with van der Waals surface area (Å²) < 4.78 is 0. The lowest BCUT2D eigenvalue weighted by atomic mass is 10.1. The van der Waals surface area contributed by atoms with E-state index in [0.717, 1.165) is 35.6 Å². The summed E-state index contributed by atoms with van der Waals surface area (Å²) in [5.74, 6) is 0.633. The highest BCUT2D eigenvalue weighted by atomic mass is 15.2. The smallest absolute Gasteiger partial charge is 0.0567 e. The van der Waals surface area contributed by atoms with Gasteiger partial charge in [-0.05, 0) is 30.9 Å². The highest BCUT2D eigenvalue weighted by Gasteiger charge is 2.15. The van der Waals surface area contributed by atoms with Crippen molar-refractivity contribution in [1.82, 2.24) is 10.2 Å². The van der Waals surface area contributed by atoms with Crippen molar-refractivity contribution in [2.24, 2.45) is 5.92 Å². The minimum Gasteiger partial charge on any atom is -0.387 e. The molecule has 1 N–H and O–H groups in total. The molecule has 0 amide bonds. The molecule has 0 fully saturated rings. The van der Waals surface area contributed by atoms with Crippen LogP contribution in [0.2, 0.25) is 0 Å². The van der Waals surface area contributed by atoms with E-state index in [1.54, 1.807) is 0 Å². The van der Waals surface area contributed by atoms with Crippen LogP contribution < -0.4 is 5.32 Å². The molecule has 2 nitrogen and oxygen atoms in total. The Morgan fingerprint density at radius 3 is 2.43 bits per heavy atom.